The van der Waals surface area contributed by atoms with Gasteiger partial charge in [0.25, 0.3) is 0 Å². The number of aromatic nitrogens is 1. The highest BCUT2D eigenvalue weighted by Crippen LogP contribution is 2.26. The third kappa shape index (κ3) is 4.80. The van der Waals surface area contributed by atoms with Crippen LogP contribution in [0.1, 0.15) is 48.1 Å². The van der Waals surface area contributed by atoms with Crippen LogP contribution in [0.15, 0.2) is 36.5 Å². The number of nitrogens with zero attached hydrogens (tertiary/aromatic N) is 1. The molecule has 0 spiro atoms. The van der Waals surface area contributed by atoms with E-state index in [4.69, 9.17) is 4.74 Å². The summed E-state index contributed by atoms with van der Waals surface area (Å²) in [5.74, 6) is 0.937. The standard InChI is InChI=1S/C21H28N2O2/c1-15-11-17(13-23-19-8-3-4-9-20(19)24)12-16(2)21(15)25-14-18-7-5-6-10-22-18/h5-7,10-12,19-20,23-24H,3-4,8-9,13-14H2,1-2H3/t19-,20-/m0/s1. The van der Waals surface area contributed by atoms with E-state index >= 15 is 0 Å². The van der Waals surface area contributed by atoms with E-state index in [1.165, 1.54) is 12.0 Å². The first-order valence-electron chi connectivity index (χ1n) is 9.18. The van der Waals surface area contributed by atoms with Gasteiger partial charge in [0.05, 0.1) is 11.8 Å². The summed E-state index contributed by atoms with van der Waals surface area (Å²) >= 11 is 0. The maximum absolute atomic E-state index is 10.1. The van der Waals surface area contributed by atoms with Gasteiger partial charge in [-0.3, -0.25) is 4.98 Å². The number of hydrogen-bond acceptors (Lipinski definition) is 4. The number of aliphatic hydroxyl groups is 1. The van der Waals surface area contributed by atoms with Gasteiger partial charge in [0, 0.05) is 18.8 Å². The molecule has 1 fully saturated rings. The van der Waals surface area contributed by atoms with Gasteiger partial charge < -0.3 is 15.2 Å². The highest BCUT2D eigenvalue weighted by Gasteiger charge is 2.22. The summed E-state index contributed by atoms with van der Waals surface area (Å²) in [6.45, 7) is 5.43. The van der Waals surface area contributed by atoms with Crippen LogP contribution in [-0.2, 0) is 13.2 Å². The second-order valence-electron chi connectivity index (χ2n) is 7.01. The number of ether oxygens (including phenoxy) is 1. The van der Waals surface area contributed by atoms with Crippen LogP contribution in [0.3, 0.4) is 0 Å². The van der Waals surface area contributed by atoms with Crippen molar-refractivity contribution in [2.24, 2.45) is 0 Å². The third-order valence-corrected chi connectivity index (χ3v) is 4.91. The van der Waals surface area contributed by atoms with Crippen molar-refractivity contribution in [3.63, 3.8) is 0 Å². The lowest BCUT2D eigenvalue weighted by Crippen LogP contribution is -2.41. The van der Waals surface area contributed by atoms with Gasteiger partial charge in [-0.15, -0.1) is 0 Å². The largest absolute Gasteiger partial charge is 0.487 e. The topological polar surface area (TPSA) is 54.4 Å². The maximum Gasteiger partial charge on any atom is 0.130 e. The number of pyridine rings is 1. The average molecular weight is 340 g/mol. The molecule has 0 unspecified atom stereocenters. The molecule has 1 aliphatic rings. The first kappa shape index (κ1) is 17.9. The molecule has 0 radical (unpaired) electrons. The zero-order valence-electron chi connectivity index (χ0n) is 15.2. The lowest BCUT2D eigenvalue weighted by Gasteiger charge is -2.28. The molecule has 2 atom stereocenters. The lowest BCUT2D eigenvalue weighted by atomic mass is 9.92. The van der Waals surface area contributed by atoms with Crippen molar-refractivity contribution in [3.8, 4) is 5.75 Å². The Morgan fingerprint density at radius 1 is 1.16 bits per heavy atom. The number of nitrogens with one attached hydrogen (secondary N) is 1. The molecule has 1 heterocycles. The van der Waals surface area contributed by atoms with E-state index in [1.54, 1.807) is 6.20 Å². The zero-order valence-corrected chi connectivity index (χ0v) is 15.2. The van der Waals surface area contributed by atoms with Gasteiger partial charge in [-0.1, -0.05) is 31.0 Å². The minimum Gasteiger partial charge on any atom is -0.487 e. The molecular formula is C21H28N2O2. The Labute approximate surface area is 150 Å². The SMILES string of the molecule is Cc1cc(CN[C@H]2CCCC[C@@H]2O)cc(C)c1OCc1ccccn1. The molecule has 134 valence electrons. The second kappa shape index (κ2) is 8.45. The molecule has 4 heteroatoms. The fraction of sp³-hybridized carbons (Fsp3) is 0.476. The summed E-state index contributed by atoms with van der Waals surface area (Å²) in [7, 11) is 0. The smallest absolute Gasteiger partial charge is 0.130 e. The van der Waals surface area contributed by atoms with Crippen molar-refractivity contribution < 1.29 is 9.84 Å². The minimum absolute atomic E-state index is 0.211. The van der Waals surface area contributed by atoms with Crippen LogP contribution in [0, 0.1) is 13.8 Å². The van der Waals surface area contributed by atoms with Crippen LogP contribution in [0.4, 0.5) is 0 Å². The minimum atomic E-state index is -0.211. The molecule has 0 bridgehead atoms. The molecule has 1 aliphatic carbocycles. The van der Waals surface area contributed by atoms with Gasteiger partial charge in [-0.2, -0.15) is 0 Å². The van der Waals surface area contributed by atoms with E-state index in [2.05, 4.69) is 36.3 Å². The van der Waals surface area contributed by atoms with Crippen molar-refractivity contribution in [1.82, 2.24) is 10.3 Å². The summed E-state index contributed by atoms with van der Waals surface area (Å²) in [6.07, 6.45) is 5.89. The van der Waals surface area contributed by atoms with Gasteiger partial charge in [-0.25, -0.2) is 0 Å². The van der Waals surface area contributed by atoms with Crippen LogP contribution in [0.5, 0.6) is 5.75 Å². The highest BCUT2D eigenvalue weighted by molar-refractivity contribution is 5.43. The first-order chi connectivity index (χ1) is 12.1. The molecule has 1 saturated carbocycles. The summed E-state index contributed by atoms with van der Waals surface area (Å²) in [5.41, 5.74) is 4.44. The van der Waals surface area contributed by atoms with E-state index in [9.17, 15) is 5.11 Å². The number of benzene rings is 1. The molecule has 1 aromatic heterocycles. The van der Waals surface area contributed by atoms with Crippen LogP contribution in [0.2, 0.25) is 0 Å². The van der Waals surface area contributed by atoms with Crippen molar-refractivity contribution >= 4 is 0 Å². The zero-order chi connectivity index (χ0) is 17.6. The fourth-order valence-electron chi connectivity index (χ4n) is 3.60. The number of rotatable bonds is 6. The van der Waals surface area contributed by atoms with Crippen molar-refractivity contribution in [2.75, 3.05) is 0 Å². The monoisotopic (exact) mass is 340 g/mol. The third-order valence-electron chi connectivity index (χ3n) is 4.91. The van der Waals surface area contributed by atoms with Gasteiger partial charge >= 0.3 is 0 Å². The number of aryl methyl sites for hydroxylation is 2. The molecule has 1 aromatic carbocycles. The molecule has 0 saturated heterocycles. The summed E-state index contributed by atoms with van der Waals surface area (Å²) in [6, 6.07) is 10.4. The summed E-state index contributed by atoms with van der Waals surface area (Å²) < 4.78 is 6.00. The number of hydrogen-bond donors (Lipinski definition) is 2. The molecule has 0 amide bonds. The molecular weight excluding hydrogens is 312 g/mol. The van der Waals surface area contributed by atoms with Gasteiger partial charge in [0.2, 0.25) is 0 Å². The van der Waals surface area contributed by atoms with E-state index < -0.39 is 0 Å². The van der Waals surface area contributed by atoms with Gasteiger partial charge in [0.1, 0.15) is 12.4 Å². The maximum atomic E-state index is 10.1. The van der Waals surface area contributed by atoms with E-state index in [1.807, 2.05) is 18.2 Å². The van der Waals surface area contributed by atoms with Crippen LogP contribution in [-0.4, -0.2) is 22.2 Å². The normalized spacial score (nSPS) is 20.4. The highest BCUT2D eigenvalue weighted by atomic mass is 16.5. The Bertz CT molecular complexity index is 665. The summed E-state index contributed by atoms with van der Waals surface area (Å²) in [5, 5.41) is 13.6. The molecule has 4 nitrogen and oxygen atoms in total. The Hall–Kier alpha value is -1.91. The molecule has 2 N–H and O–H groups in total. The predicted molar refractivity (Wildman–Crippen MR) is 99.6 cm³/mol. The van der Waals surface area contributed by atoms with Gasteiger partial charge in [-0.05, 0) is 55.5 Å². The predicted octanol–water partition coefficient (Wildman–Crippen LogP) is 3.67. The quantitative estimate of drug-likeness (QED) is 0.842. The first-order valence-corrected chi connectivity index (χ1v) is 9.18. The molecule has 2 aromatic rings. The van der Waals surface area contributed by atoms with Crippen molar-refractivity contribution in [1.29, 1.82) is 0 Å². The Balaban J connectivity index is 1.61. The number of aliphatic hydroxyl groups excluding tert-OH is 1. The van der Waals surface area contributed by atoms with Crippen LogP contribution >= 0.6 is 0 Å². The average Bonchev–Trinajstić information content (AvgIpc) is 2.61. The van der Waals surface area contributed by atoms with Crippen molar-refractivity contribution in [3.05, 3.63) is 58.9 Å². The van der Waals surface area contributed by atoms with E-state index in [0.29, 0.717) is 6.61 Å². The lowest BCUT2D eigenvalue weighted by molar-refractivity contribution is 0.0902. The molecule has 3 rings (SSSR count). The Morgan fingerprint density at radius 3 is 2.60 bits per heavy atom. The van der Waals surface area contributed by atoms with Crippen LogP contribution in [0.25, 0.3) is 0 Å². The molecule has 25 heavy (non-hydrogen) atoms. The summed E-state index contributed by atoms with van der Waals surface area (Å²) in [4.78, 5) is 4.30. The van der Waals surface area contributed by atoms with Crippen LogP contribution < -0.4 is 10.1 Å². The molecule has 0 aliphatic heterocycles. The Kier molecular flexibility index (Phi) is 6.05. The Morgan fingerprint density at radius 2 is 1.92 bits per heavy atom. The van der Waals surface area contributed by atoms with E-state index in [-0.39, 0.29) is 12.1 Å². The van der Waals surface area contributed by atoms with Crippen molar-refractivity contribution in [2.45, 2.75) is 64.8 Å². The fourth-order valence-corrected chi connectivity index (χ4v) is 3.60. The second-order valence-corrected chi connectivity index (χ2v) is 7.01. The van der Waals surface area contributed by atoms with Gasteiger partial charge in [0.15, 0.2) is 0 Å². The van der Waals surface area contributed by atoms with E-state index in [0.717, 1.165) is 48.4 Å².